The van der Waals surface area contributed by atoms with Crippen LogP contribution in [-0.2, 0) is 20.0 Å². The number of hydrogen-bond acceptors (Lipinski definition) is 5. The highest BCUT2D eigenvalue weighted by Gasteiger charge is 2.18. The fourth-order valence-corrected chi connectivity index (χ4v) is 4.72. The molecule has 0 amide bonds. The van der Waals surface area contributed by atoms with Crippen molar-refractivity contribution in [1.82, 2.24) is 9.03 Å². The number of thiophene rings is 1. The van der Waals surface area contributed by atoms with Crippen LogP contribution in [0.5, 0.6) is 0 Å². The fraction of sp³-hybridized carbons (Fsp3) is 0.667. The minimum Gasteiger partial charge on any atom is -0.213 e. The Morgan fingerprint density at radius 2 is 1.90 bits per heavy atom. The van der Waals surface area contributed by atoms with Gasteiger partial charge in [-0.1, -0.05) is 25.8 Å². The summed E-state index contributed by atoms with van der Waals surface area (Å²) >= 11 is 1.13. The van der Waals surface area contributed by atoms with Gasteiger partial charge >= 0.3 is 0 Å². The second-order valence-corrected chi connectivity index (χ2v) is 9.62. The van der Waals surface area contributed by atoms with Gasteiger partial charge < -0.3 is 0 Å². The molecule has 0 atom stereocenters. The normalized spacial score (nSPS) is 12.9. The van der Waals surface area contributed by atoms with E-state index in [1.807, 2.05) is 6.92 Å². The van der Waals surface area contributed by atoms with Gasteiger partial charge in [-0.25, -0.2) is 25.9 Å². The van der Waals surface area contributed by atoms with Gasteiger partial charge in [0.05, 0.1) is 6.26 Å². The van der Waals surface area contributed by atoms with Gasteiger partial charge in [0.25, 0.3) is 0 Å². The van der Waals surface area contributed by atoms with Crippen molar-refractivity contribution < 1.29 is 16.8 Å². The van der Waals surface area contributed by atoms with Crippen molar-refractivity contribution in [3.8, 4) is 0 Å². The summed E-state index contributed by atoms with van der Waals surface area (Å²) in [5.41, 5.74) is 0. The average Bonchev–Trinajstić information content (AvgIpc) is 2.90. The quantitative estimate of drug-likeness (QED) is 0.645. The van der Waals surface area contributed by atoms with E-state index in [9.17, 15) is 16.8 Å². The van der Waals surface area contributed by atoms with E-state index < -0.39 is 20.0 Å². The molecule has 0 bridgehead atoms. The summed E-state index contributed by atoms with van der Waals surface area (Å²) in [6, 6.07) is 3.18. The number of rotatable bonds is 10. The molecule has 0 saturated heterocycles. The van der Waals surface area contributed by atoms with Crippen molar-refractivity contribution in [2.75, 3.05) is 25.9 Å². The third-order valence-electron chi connectivity index (χ3n) is 2.89. The highest BCUT2D eigenvalue weighted by Crippen LogP contribution is 2.15. The first-order valence-electron chi connectivity index (χ1n) is 6.75. The molecule has 1 N–H and O–H groups in total. The Morgan fingerprint density at radius 3 is 2.43 bits per heavy atom. The SMILES string of the molecule is CCCCCN(CCNS(=O)(=O)c1cccs1)S(C)(=O)=O. The van der Waals surface area contributed by atoms with Crippen LogP contribution in [0.3, 0.4) is 0 Å². The van der Waals surface area contributed by atoms with Gasteiger partial charge in [-0.15, -0.1) is 11.3 Å². The predicted octanol–water partition coefficient (Wildman–Crippen LogP) is 1.48. The number of unbranched alkanes of at least 4 members (excludes halogenated alkanes) is 2. The molecule has 0 unspecified atom stereocenters. The lowest BCUT2D eigenvalue weighted by atomic mass is 10.2. The minimum atomic E-state index is -3.54. The van der Waals surface area contributed by atoms with Gasteiger partial charge in [-0.05, 0) is 17.9 Å². The van der Waals surface area contributed by atoms with Crippen LogP contribution in [-0.4, -0.2) is 47.0 Å². The Balaban J connectivity index is 2.54. The van der Waals surface area contributed by atoms with Crippen LogP contribution in [0, 0.1) is 0 Å². The lowest BCUT2D eigenvalue weighted by molar-refractivity contribution is 0.405. The van der Waals surface area contributed by atoms with Crippen molar-refractivity contribution in [3.63, 3.8) is 0 Å². The Bertz CT molecular complexity index is 609. The third-order valence-corrected chi connectivity index (χ3v) is 7.05. The Hall–Kier alpha value is -0.480. The maximum atomic E-state index is 11.9. The molecule has 9 heteroatoms. The van der Waals surface area contributed by atoms with E-state index in [-0.39, 0.29) is 17.3 Å². The molecule has 0 aliphatic rings. The second kappa shape index (κ2) is 8.23. The van der Waals surface area contributed by atoms with Crippen LogP contribution in [0.25, 0.3) is 0 Å². The number of nitrogens with one attached hydrogen (secondary N) is 1. The molecule has 122 valence electrons. The van der Waals surface area contributed by atoms with Gasteiger partial charge in [0, 0.05) is 19.6 Å². The van der Waals surface area contributed by atoms with Gasteiger partial charge in [0.1, 0.15) is 4.21 Å². The summed E-state index contributed by atoms with van der Waals surface area (Å²) in [6.07, 6.45) is 3.88. The maximum Gasteiger partial charge on any atom is 0.250 e. The summed E-state index contributed by atoms with van der Waals surface area (Å²) in [7, 11) is -6.85. The van der Waals surface area contributed by atoms with Crippen LogP contribution < -0.4 is 4.72 Å². The molecule has 0 aliphatic heterocycles. The molecule has 1 heterocycles. The Labute approximate surface area is 131 Å². The van der Waals surface area contributed by atoms with Gasteiger partial charge in [-0.3, -0.25) is 0 Å². The summed E-state index contributed by atoms with van der Waals surface area (Å²) < 4.78 is 51.1. The molecular formula is C12H22N2O4S3. The Kier molecular flexibility index (Phi) is 7.28. The summed E-state index contributed by atoms with van der Waals surface area (Å²) in [5, 5.41) is 1.68. The minimum absolute atomic E-state index is 0.0689. The predicted molar refractivity (Wildman–Crippen MR) is 85.4 cm³/mol. The molecule has 0 saturated carbocycles. The first-order chi connectivity index (χ1) is 9.77. The van der Waals surface area contributed by atoms with Crippen LogP contribution in [0.1, 0.15) is 26.2 Å². The first-order valence-corrected chi connectivity index (χ1v) is 11.0. The summed E-state index contributed by atoms with van der Waals surface area (Å²) in [5.74, 6) is 0. The largest absolute Gasteiger partial charge is 0.250 e. The highest BCUT2D eigenvalue weighted by atomic mass is 32.2. The topological polar surface area (TPSA) is 83.6 Å². The van der Waals surface area contributed by atoms with Crippen molar-refractivity contribution in [2.45, 2.75) is 30.4 Å². The van der Waals surface area contributed by atoms with Gasteiger partial charge in [-0.2, -0.15) is 0 Å². The van der Waals surface area contributed by atoms with Gasteiger partial charge in [0.15, 0.2) is 0 Å². The van der Waals surface area contributed by atoms with Crippen LogP contribution in [0.2, 0.25) is 0 Å². The zero-order chi connectivity index (χ0) is 15.9. The van der Waals surface area contributed by atoms with E-state index in [1.165, 1.54) is 10.4 Å². The number of hydrogen-bond donors (Lipinski definition) is 1. The van der Waals surface area contributed by atoms with E-state index in [4.69, 9.17) is 0 Å². The molecular weight excluding hydrogens is 332 g/mol. The second-order valence-electron chi connectivity index (χ2n) is 4.70. The van der Waals surface area contributed by atoms with E-state index in [0.29, 0.717) is 6.54 Å². The Morgan fingerprint density at radius 1 is 1.19 bits per heavy atom. The molecule has 0 aliphatic carbocycles. The molecule has 0 spiro atoms. The van der Waals surface area contributed by atoms with Crippen LogP contribution in [0.15, 0.2) is 21.7 Å². The first kappa shape index (κ1) is 18.6. The van der Waals surface area contributed by atoms with Crippen molar-refractivity contribution in [1.29, 1.82) is 0 Å². The van der Waals surface area contributed by atoms with E-state index in [1.54, 1.807) is 11.4 Å². The molecule has 0 fully saturated rings. The molecule has 1 aromatic heterocycles. The average molecular weight is 355 g/mol. The molecule has 1 aromatic rings. The molecule has 21 heavy (non-hydrogen) atoms. The monoisotopic (exact) mass is 354 g/mol. The number of sulfonamides is 2. The summed E-state index contributed by atoms with van der Waals surface area (Å²) in [6.45, 7) is 2.68. The van der Waals surface area contributed by atoms with E-state index >= 15 is 0 Å². The smallest absolute Gasteiger partial charge is 0.213 e. The molecule has 0 radical (unpaired) electrons. The zero-order valence-electron chi connectivity index (χ0n) is 12.3. The van der Waals surface area contributed by atoms with E-state index in [0.717, 1.165) is 36.9 Å². The van der Waals surface area contributed by atoms with Crippen molar-refractivity contribution in [3.05, 3.63) is 17.5 Å². The van der Waals surface area contributed by atoms with E-state index in [2.05, 4.69) is 4.72 Å². The zero-order valence-corrected chi connectivity index (χ0v) is 14.7. The van der Waals surface area contributed by atoms with Gasteiger partial charge in [0.2, 0.25) is 20.0 Å². The van der Waals surface area contributed by atoms with Crippen molar-refractivity contribution >= 4 is 31.4 Å². The highest BCUT2D eigenvalue weighted by molar-refractivity contribution is 7.91. The molecule has 6 nitrogen and oxygen atoms in total. The maximum absolute atomic E-state index is 11.9. The number of nitrogens with zero attached hydrogens (tertiary/aromatic N) is 1. The lowest BCUT2D eigenvalue weighted by Crippen LogP contribution is -2.38. The third kappa shape index (κ3) is 6.43. The standard InChI is InChI=1S/C12H22N2O4S3/c1-3-4-5-9-14(20(2,15)16)10-8-13-21(17,18)12-7-6-11-19-12/h6-7,11,13H,3-5,8-10H2,1-2H3. The van der Waals surface area contributed by atoms with Crippen LogP contribution >= 0.6 is 11.3 Å². The summed E-state index contributed by atoms with van der Waals surface area (Å²) in [4.78, 5) is 0. The fourth-order valence-electron chi connectivity index (χ4n) is 1.77. The van der Waals surface area contributed by atoms with Crippen LogP contribution in [0.4, 0.5) is 0 Å². The van der Waals surface area contributed by atoms with Crippen molar-refractivity contribution in [2.24, 2.45) is 0 Å². The molecule has 1 rings (SSSR count). The lowest BCUT2D eigenvalue weighted by Gasteiger charge is -2.19. The molecule has 0 aromatic carbocycles.